The molecule has 0 saturated carbocycles. The van der Waals surface area contributed by atoms with E-state index in [1.807, 2.05) is 6.07 Å². The van der Waals surface area contributed by atoms with Crippen LogP contribution in [0, 0.1) is 11.8 Å². The van der Waals surface area contributed by atoms with E-state index in [4.69, 9.17) is 11.6 Å². The Kier molecular flexibility index (Phi) is 4.99. The van der Waals surface area contributed by atoms with E-state index in [1.54, 1.807) is 35.0 Å². The van der Waals surface area contributed by atoms with Crippen LogP contribution in [0.5, 0.6) is 0 Å². The van der Waals surface area contributed by atoms with Gasteiger partial charge >= 0.3 is 5.97 Å². The predicted octanol–water partition coefficient (Wildman–Crippen LogP) is 2.18. The van der Waals surface area contributed by atoms with Gasteiger partial charge in [0.1, 0.15) is 0 Å². The summed E-state index contributed by atoms with van der Waals surface area (Å²) in [6, 6.07) is 6.82. The summed E-state index contributed by atoms with van der Waals surface area (Å²) in [6.07, 6.45) is 1.39. The fraction of sp³-hybridized carbons (Fsp3) is 0.500. The van der Waals surface area contributed by atoms with Gasteiger partial charge < -0.3 is 14.9 Å². The van der Waals surface area contributed by atoms with Crippen LogP contribution in [0.3, 0.4) is 0 Å². The average molecular weight is 365 g/mol. The molecule has 7 heteroatoms. The van der Waals surface area contributed by atoms with Gasteiger partial charge in [-0.3, -0.25) is 14.4 Å². The number of carbonyl (C=O) groups excluding carboxylic acids is 2. The molecule has 0 radical (unpaired) electrons. The van der Waals surface area contributed by atoms with Gasteiger partial charge in [-0.2, -0.15) is 0 Å². The number of nitrogens with zero attached hydrogens (tertiary/aromatic N) is 2. The average Bonchev–Trinajstić information content (AvgIpc) is 2.89. The van der Waals surface area contributed by atoms with Gasteiger partial charge in [0, 0.05) is 31.6 Å². The summed E-state index contributed by atoms with van der Waals surface area (Å²) in [5.74, 6) is -2.15. The van der Waals surface area contributed by atoms with Crippen molar-refractivity contribution in [2.24, 2.45) is 11.8 Å². The van der Waals surface area contributed by atoms with Gasteiger partial charge in [0.15, 0.2) is 0 Å². The molecule has 2 fully saturated rings. The predicted molar refractivity (Wildman–Crippen MR) is 92.0 cm³/mol. The lowest BCUT2D eigenvalue weighted by Gasteiger charge is -2.34. The van der Waals surface area contributed by atoms with Crippen molar-refractivity contribution in [1.82, 2.24) is 9.80 Å². The van der Waals surface area contributed by atoms with E-state index in [0.717, 1.165) is 5.56 Å². The largest absolute Gasteiger partial charge is 0.481 e. The molecule has 0 aliphatic carbocycles. The number of amides is 2. The molecule has 0 spiro atoms. The van der Waals surface area contributed by atoms with E-state index in [0.29, 0.717) is 24.4 Å². The molecule has 1 aromatic rings. The van der Waals surface area contributed by atoms with Crippen LogP contribution in [0.1, 0.15) is 30.9 Å². The Morgan fingerprint density at radius 1 is 1.32 bits per heavy atom. The monoisotopic (exact) mass is 364 g/mol. The standard InChI is InChI=1S/C18H21ClN2O4/c1-20-15(22)9-14(16(20)11-4-2-6-13(19)8-11)17(23)21-7-3-5-12(10-21)18(24)25/h2,4,6,8,12,14,16H,3,5,7,9-10H2,1H3,(H,24,25)/t12-,14?,16?/m0/s1. The fourth-order valence-corrected chi connectivity index (χ4v) is 4.05. The first-order chi connectivity index (χ1) is 11.9. The SMILES string of the molecule is CN1C(=O)CC(C(=O)N2CCC[C@H](C(=O)O)C2)C1c1cccc(Cl)c1. The van der Waals surface area contributed by atoms with Crippen molar-refractivity contribution in [2.75, 3.05) is 20.1 Å². The van der Waals surface area contributed by atoms with Gasteiger partial charge in [-0.15, -0.1) is 0 Å². The van der Waals surface area contributed by atoms with Crippen molar-refractivity contribution in [3.05, 3.63) is 34.9 Å². The highest BCUT2D eigenvalue weighted by Crippen LogP contribution is 2.39. The third-order valence-corrected chi connectivity index (χ3v) is 5.41. The smallest absolute Gasteiger partial charge is 0.308 e. The van der Waals surface area contributed by atoms with Crippen molar-refractivity contribution in [2.45, 2.75) is 25.3 Å². The molecule has 134 valence electrons. The molecule has 3 rings (SSSR count). The third kappa shape index (κ3) is 3.49. The maximum absolute atomic E-state index is 13.0. The van der Waals surface area contributed by atoms with Crippen LogP contribution in [0.4, 0.5) is 0 Å². The van der Waals surface area contributed by atoms with Crippen molar-refractivity contribution in [3.8, 4) is 0 Å². The summed E-state index contributed by atoms with van der Waals surface area (Å²) in [4.78, 5) is 39.7. The van der Waals surface area contributed by atoms with Crippen molar-refractivity contribution in [3.63, 3.8) is 0 Å². The Morgan fingerprint density at radius 3 is 2.76 bits per heavy atom. The number of benzene rings is 1. The van der Waals surface area contributed by atoms with Crippen LogP contribution >= 0.6 is 11.6 Å². The number of hydrogen-bond donors (Lipinski definition) is 1. The summed E-state index contributed by atoms with van der Waals surface area (Å²) < 4.78 is 0. The van der Waals surface area contributed by atoms with Crippen molar-refractivity contribution in [1.29, 1.82) is 0 Å². The Labute approximate surface area is 151 Å². The highest BCUT2D eigenvalue weighted by Gasteiger charge is 2.45. The lowest BCUT2D eigenvalue weighted by Crippen LogP contribution is -2.45. The van der Waals surface area contributed by atoms with E-state index in [1.165, 1.54) is 0 Å². The summed E-state index contributed by atoms with van der Waals surface area (Å²) in [5, 5.41) is 9.79. The summed E-state index contributed by atoms with van der Waals surface area (Å²) >= 11 is 6.07. The molecule has 0 bridgehead atoms. The fourth-order valence-electron chi connectivity index (χ4n) is 3.85. The van der Waals surface area contributed by atoms with Crippen molar-refractivity contribution >= 4 is 29.4 Å². The number of carboxylic acid groups (broad SMARTS) is 1. The Morgan fingerprint density at radius 2 is 2.08 bits per heavy atom. The molecule has 6 nitrogen and oxygen atoms in total. The molecule has 2 unspecified atom stereocenters. The summed E-state index contributed by atoms with van der Waals surface area (Å²) in [7, 11) is 1.69. The minimum Gasteiger partial charge on any atom is -0.481 e. The second kappa shape index (κ2) is 7.04. The summed E-state index contributed by atoms with van der Waals surface area (Å²) in [5.41, 5.74) is 0.825. The first kappa shape index (κ1) is 17.7. The molecule has 1 aromatic carbocycles. The number of hydrogen-bond acceptors (Lipinski definition) is 3. The van der Waals surface area contributed by atoms with Gasteiger partial charge in [-0.1, -0.05) is 23.7 Å². The number of carboxylic acids is 1. The number of halogens is 1. The van der Waals surface area contributed by atoms with E-state index >= 15 is 0 Å². The van der Waals surface area contributed by atoms with Crippen LogP contribution < -0.4 is 0 Å². The van der Waals surface area contributed by atoms with Crippen LogP contribution in [0.25, 0.3) is 0 Å². The van der Waals surface area contributed by atoms with E-state index < -0.39 is 17.8 Å². The number of rotatable bonds is 3. The van der Waals surface area contributed by atoms with Crippen LogP contribution in [0.2, 0.25) is 5.02 Å². The highest BCUT2D eigenvalue weighted by molar-refractivity contribution is 6.30. The topological polar surface area (TPSA) is 77.9 Å². The van der Waals surface area contributed by atoms with Gasteiger partial charge in [-0.05, 0) is 30.5 Å². The Hall–Kier alpha value is -2.08. The van der Waals surface area contributed by atoms with Gasteiger partial charge in [-0.25, -0.2) is 0 Å². The molecule has 2 heterocycles. The van der Waals surface area contributed by atoms with E-state index in [9.17, 15) is 19.5 Å². The minimum absolute atomic E-state index is 0.0879. The first-order valence-corrected chi connectivity index (χ1v) is 8.79. The van der Waals surface area contributed by atoms with Gasteiger partial charge in [0.05, 0.1) is 17.9 Å². The first-order valence-electron chi connectivity index (χ1n) is 8.41. The molecule has 25 heavy (non-hydrogen) atoms. The van der Waals surface area contributed by atoms with E-state index in [-0.39, 0.29) is 30.8 Å². The van der Waals surface area contributed by atoms with E-state index in [2.05, 4.69) is 0 Å². The second-order valence-corrected chi connectivity index (χ2v) is 7.21. The van der Waals surface area contributed by atoms with Crippen LogP contribution in [-0.2, 0) is 14.4 Å². The lowest BCUT2D eigenvalue weighted by molar-refractivity contribution is -0.147. The third-order valence-electron chi connectivity index (χ3n) is 5.18. The molecular formula is C18H21ClN2O4. The maximum atomic E-state index is 13.0. The Bertz CT molecular complexity index is 708. The number of carbonyl (C=O) groups is 3. The number of likely N-dealkylation sites (tertiary alicyclic amines) is 2. The molecule has 1 N–H and O–H groups in total. The van der Waals surface area contributed by atoms with Crippen LogP contribution in [-0.4, -0.2) is 52.8 Å². The minimum atomic E-state index is -0.872. The maximum Gasteiger partial charge on any atom is 0.308 e. The molecule has 2 amide bonds. The molecule has 2 saturated heterocycles. The summed E-state index contributed by atoms with van der Waals surface area (Å²) in [6.45, 7) is 0.754. The highest BCUT2D eigenvalue weighted by atomic mass is 35.5. The lowest BCUT2D eigenvalue weighted by atomic mass is 9.90. The Balaban J connectivity index is 1.85. The number of piperidine rings is 1. The quantitative estimate of drug-likeness (QED) is 0.891. The molecule has 0 aromatic heterocycles. The van der Waals surface area contributed by atoms with Gasteiger partial charge in [0.2, 0.25) is 11.8 Å². The van der Waals surface area contributed by atoms with Crippen molar-refractivity contribution < 1.29 is 19.5 Å². The molecule has 2 aliphatic heterocycles. The molecule has 3 atom stereocenters. The van der Waals surface area contributed by atoms with Gasteiger partial charge in [0.25, 0.3) is 0 Å². The number of aliphatic carboxylic acids is 1. The zero-order chi connectivity index (χ0) is 18.1. The normalized spacial score (nSPS) is 26.8. The zero-order valence-corrected chi connectivity index (χ0v) is 14.8. The second-order valence-electron chi connectivity index (χ2n) is 6.78. The molecule has 2 aliphatic rings. The molecular weight excluding hydrogens is 344 g/mol. The zero-order valence-electron chi connectivity index (χ0n) is 14.0. The van der Waals surface area contributed by atoms with Crippen LogP contribution in [0.15, 0.2) is 24.3 Å².